The summed E-state index contributed by atoms with van der Waals surface area (Å²) in [5.74, 6) is -1.03. The number of esters is 1. The molecule has 1 aromatic rings. The molecule has 0 aliphatic carbocycles. The molecule has 0 aliphatic heterocycles. The Kier molecular flexibility index (Phi) is 5.53. The highest BCUT2D eigenvalue weighted by atomic mass is 16.5. The van der Waals surface area contributed by atoms with Gasteiger partial charge in [-0.05, 0) is 13.0 Å². The van der Waals surface area contributed by atoms with E-state index in [0.29, 0.717) is 0 Å². The fraction of sp³-hybridized carbons (Fsp3) is 0.308. The van der Waals surface area contributed by atoms with Gasteiger partial charge in [0.2, 0.25) is 0 Å². The minimum Gasteiger partial charge on any atom is -0.506 e. The summed E-state index contributed by atoms with van der Waals surface area (Å²) in [7, 11) is 0. The van der Waals surface area contributed by atoms with E-state index in [4.69, 9.17) is 4.74 Å². The van der Waals surface area contributed by atoms with E-state index in [1.807, 2.05) is 0 Å². The Labute approximate surface area is 111 Å². The van der Waals surface area contributed by atoms with Crippen molar-refractivity contribution in [3.8, 4) is 5.75 Å². The van der Waals surface area contributed by atoms with Gasteiger partial charge in [-0.1, -0.05) is 6.08 Å². The van der Waals surface area contributed by atoms with Crippen molar-refractivity contribution in [3.05, 3.63) is 36.7 Å². The number of aromatic hydroxyl groups is 1. The molecule has 6 nitrogen and oxygen atoms in total. The van der Waals surface area contributed by atoms with Crippen LogP contribution in [-0.2, 0) is 9.53 Å². The number of hydrogen-bond donors (Lipinski definition) is 1. The number of nitrogens with zero attached hydrogens (tertiary/aromatic N) is 2. The first-order valence-electron chi connectivity index (χ1n) is 5.78. The summed E-state index contributed by atoms with van der Waals surface area (Å²) < 4.78 is 4.80. The van der Waals surface area contributed by atoms with E-state index in [1.165, 1.54) is 29.4 Å². The van der Waals surface area contributed by atoms with Gasteiger partial charge in [0, 0.05) is 12.7 Å². The predicted molar refractivity (Wildman–Crippen MR) is 68.6 cm³/mol. The summed E-state index contributed by atoms with van der Waals surface area (Å²) in [6.07, 6.45) is 4.05. The summed E-state index contributed by atoms with van der Waals surface area (Å²) in [4.78, 5) is 28.6. The summed E-state index contributed by atoms with van der Waals surface area (Å²) >= 11 is 0. The molecule has 0 aromatic carbocycles. The maximum absolute atomic E-state index is 12.1. The molecule has 1 rings (SSSR count). The number of carbonyl (C=O) groups excluding carboxylic acids is 2. The molecule has 1 aromatic heterocycles. The van der Waals surface area contributed by atoms with Crippen LogP contribution in [0.3, 0.4) is 0 Å². The first kappa shape index (κ1) is 14.7. The van der Waals surface area contributed by atoms with Crippen molar-refractivity contribution >= 4 is 11.9 Å². The zero-order valence-corrected chi connectivity index (χ0v) is 10.7. The van der Waals surface area contributed by atoms with E-state index in [2.05, 4.69) is 11.6 Å². The molecule has 0 saturated heterocycles. The Morgan fingerprint density at radius 3 is 2.84 bits per heavy atom. The van der Waals surface area contributed by atoms with Gasteiger partial charge in [-0.15, -0.1) is 6.58 Å². The van der Waals surface area contributed by atoms with Gasteiger partial charge in [0.1, 0.15) is 12.3 Å². The summed E-state index contributed by atoms with van der Waals surface area (Å²) in [5, 5.41) is 9.29. The van der Waals surface area contributed by atoms with Crippen molar-refractivity contribution in [1.82, 2.24) is 9.88 Å². The largest absolute Gasteiger partial charge is 0.506 e. The second kappa shape index (κ2) is 7.15. The van der Waals surface area contributed by atoms with Crippen molar-refractivity contribution in [2.45, 2.75) is 6.92 Å². The van der Waals surface area contributed by atoms with E-state index in [1.54, 1.807) is 6.92 Å². The molecule has 0 fully saturated rings. The molecular formula is C13H16N2O4. The monoisotopic (exact) mass is 264 g/mol. The lowest BCUT2D eigenvalue weighted by molar-refractivity contribution is -0.143. The third-order valence-corrected chi connectivity index (χ3v) is 2.23. The topological polar surface area (TPSA) is 79.7 Å². The van der Waals surface area contributed by atoms with Crippen molar-refractivity contribution in [1.29, 1.82) is 0 Å². The molecule has 0 saturated carbocycles. The zero-order valence-electron chi connectivity index (χ0n) is 10.7. The normalized spacial score (nSPS) is 9.74. The fourth-order valence-corrected chi connectivity index (χ4v) is 1.46. The molecule has 19 heavy (non-hydrogen) atoms. The van der Waals surface area contributed by atoms with Crippen LogP contribution in [0.4, 0.5) is 0 Å². The van der Waals surface area contributed by atoms with Crippen LogP contribution >= 0.6 is 0 Å². The van der Waals surface area contributed by atoms with Crippen LogP contribution < -0.4 is 0 Å². The second-order valence-electron chi connectivity index (χ2n) is 3.71. The van der Waals surface area contributed by atoms with Gasteiger partial charge in [-0.25, -0.2) is 0 Å². The van der Waals surface area contributed by atoms with E-state index >= 15 is 0 Å². The number of rotatable bonds is 6. The quantitative estimate of drug-likeness (QED) is 0.612. The summed E-state index contributed by atoms with van der Waals surface area (Å²) in [5.41, 5.74) is 0.200. The van der Waals surface area contributed by atoms with Crippen LogP contribution in [-0.4, -0.2) is 46.6 Å². The van der Waals surface area contributed by atoms with Gasteiger partial charge < -0.3 is 14.7 Å². The molecule has 0 bridgehead atoms. The molecule has 1 heterocycles. The van der Waals surface area contributed by atoms with Crippen LogP contribution in [0.25, 0.3) is 0 Å². The van der Waals surface area contributed by atoms with Crippen LogP contribution in [0.5, 0.6) is 5.75 Å². The number of ether oxygens (including phenoxy) is 1. The van der Waals surface area contributed by atoms with Gasteiger partial charge in [-0.2, -0.15) is 0 Å². The van der Waals surface area contributed by atoms with E-state index in [-0.39, 0.29) is 31.0 Å². The SMILES string of the molecule is C=CCN(CC(=O)OCC)C(=O)c1cncc(O)c1. The van der Waals surface area contributed by atoms with Gasteiger partial charge in [0.05, 0.1) is 18.4 Å². The summed E-state index contributed by atoms with van der Waals surface area (Å²) in [6, 6.07) is 1.29. The predicted octanol–water partition coefficient (Wildman–Crippen LogP) is 0.978. The van der Waals surface area contributed by atoms with Crippen LogP contribution in [0.2, 0.25) is 0 Å². The number of pyridine rings is 1. The molecule has 1 amide bonds. The molecule has 6 heteroatoms. The maximum atomic E-state index is 12.1. The number of hydrogen-bond acceptors (Lipinski definition) is 5. The van der Waals surface area contributed by atoms with Gasteiger partial charge >= 0.3 is 5.97 Å². The lowest BCUT2D eigenvalue weighted by Crippen LogP contribution is -2.36. The minimum absolute atomic E-state index is 0.111. The van der Waals surface area contributed by atoms with Crippen LogP contribution in [0, 0.1) is 0 Å². The zero-order chi connectivity index (χ0) is 14.3. The van der Waals surface area contributed by atoms with E-state index in [9.17, 15) is 14.7 Å². The van der Waals surface area contributed by atoms with Crippen molar-refractivity contribution < 1.29 is 19.4 Å². The third kappa shape index (κ3) is 4.42. The van der Waals surface area contributed by atoms with Crippen molar-refractivity contribution in [2.24, 2.45) is 0 Å². The Hall–Kier alpha value is -2.37. The molecule has 102 valence electrons. The van der Waals surface area contributed by atoms with E-state index in [0.717, 1.165) is 0 Å². The molecule has 1 N–H and O–H groups in total. The maximum Gasteiger partial charge on any atom is 0.325 e. The van der Waals surface area contributed by atoms with Gasteiger partial charge in [0.25, 0.3) is 5.91 Å². The standard InChI is InChI=1S/C13H16N2O4/c1-3-5-15(9-12(17)19-4-2)13(18)10-6-11(16)8-14-7-10/h3,6-8,16H,1,4-5,9H2,2H3. The second-order valence-corrected chi connectivity index (χ2v) is 3.71. The van der Waals surface area contributed by atoms with Gasteiger partial charge in [0.15, 0.2) is 0 Å². The molecule has 0 unspecified atom stereocenters. The highest BCUT2D eigenvalue weighted by Crippen LogP contribution is 2.11. The number of carbonyl (C=O) groups is 2. The molecular weight excluding hydrogens is 248 g/mol. The number of aromatic nitrogens is 1. The average molecular weight is 264 g/mol. The first-order chi connectivity index (χ1) is 9.08. The van der Waals surface area contributed by atoms with E-state index < -0.39 is 11.9 Å². The Bertz CT molecular complexity index is 473. The summed E-state index contributed by atoms with van der Waals surface area (Å²) in [6.45, 7) is 5.51. The Morgan fingerprint density at radius 1 is 1.53 bits per heavy atom. The molecule has 0 aliphatic rings. The molecule has 0 spiro atoms. The van der Waals surface area contributed by atoms with Crippen molar-refractivity contribution in [2.75, 3.05) is 19.7 Å². The Morgan fingerprint density at radius 2 is 2.26 bits per heavy atom. The third-order valence-electron chi connectivity index (χ3n) is 2.23. The van der Waals surface area contributed by atoms with Crippen LogP contribution in [0.1, 0.15) is 17.3 Å². The lowest BCUT2D eigenvalue weighted by Gasteiger charge is -2.19. The number of amides is 1. The van der Waals surface area contributed by atoms with Crippen molar-refractivity contribution in [3.63, 3.8) is 0 Å². The molecule has 0 atom stereocenters. The fourth-order valence-electron chi connectivity index (χ4n) is 1.46. The smallest absolute Gasteiger partial charge is 0.325 e. The van der Waals surface area contributed by atoms with Crippen LogP contribution in [0.15, 0.2) is 31.1 Å². The average Bonchev–Trinajstić information content (AvgIpc) is 2.37. The highest BCUT2D eigenvalue weighted by Gasteiger charge is 2.19. The Balaban J connectivity index is 2.83. The minimum atomic E-state index is -0.495. The molecule has 0 radical (unpaired) electrons. The van der Waals surface area contributed by atoms with Gasteiger partial charge in [-0.3, -0.25) is 14.6 Å². The first-order valence-corrected chi connectivity index (χ1v) is 5.78. The lowest BCUT2D eigenvalue weighted by atomic mass is 10.2. The highest BCUT2D eigenvalue weighted by molar-refractivity contribution is 5.96.